The van der Waals surface area contributed by atoms with Gasteiger partial charge in [-0.3, -0.25) is 19.2 Å². The molecule has 0 bridgehead atoms. The van der Waals surface area contributed by atoms with E-state index >= 15 is 0 Å². The Morgan fingerprint density at radius 2 is 0.768 bits per heavy atom. The molecule has 2 N–H and O–H groups in total. The molecule has 0 aliphatic rings. The maximum absolute atomic E-state index is 10.0. The molecule has 0 fully saturated rings. The maximum atomic E-state index is 10.0. The number of ether oxygens (including phenoxy) is 4. The van der Waals surface area contributed by atoms with Crippen LogP contribution < -0.4 is 10.6 Å². The summed E-state index contributed by atoms with van der Waals surface area (Å²) >= 11 is 0. The number of amides is 4. The van der Waals surface area contributed by atoms with Gasteiger partial charge in [0.25, 0.3) is 0 Å². The number of rotatable bonds is 19. The monoisotopic (exact) mass is 1040 g/mol. The van der Waals surface area contributed by atoms with Crippen LogP contribution in [0.1, 0.15) is 141 Å². The van der Waals surface area contributed by atoms with Gasteiger partial charge in [0.15, 0.2) is 0 Å². The van der Waals surface area contributed by atoms with E-state index in [4.69, 9.17) is 0 Å². The molecular formula is C56H92N4O8Y. The summed E-state index contributed by atoms with van der Waals surface area (Å²) in [5, 5.41) is 4.83. The summed E-state index contributed by atoms with van der Waals surface area (Å²) in [6, 6.07) is 42.5. The molecule has 1 radical (unpaired) electrons. The van der Waals surface area contributed by atoms with Gasteiger partial charge >= 0.3 is 0 Å². The van der Waals surface area contributed by atoms with Gasteiger partial charge in [0.1, 0.15) is 26.4 Å². The zero-order chi connectivity index (χ0) is 52.4. The molecule has 0 aliphatic carbocycles. The van der Waals surface area contributed by atoms with E-state index in [1.54, 1.807) is 35.2 Å². The van der Waals surface area contributed by atoms with Crippen LogP contribution in [0, 0.1) is 0 Å². The van der Waals surface area contributed by atoms with Crippen molar-refractivity contribution in [3.8, 4) is 0 Å². The number of carbonyl (C=O) groups is 4. The van der Waals surface area contributed by atoms with Crippen LogP contribution in [0.5, 0.6) is 0 Å². The van der Waals surface area contributed by atoms with Crippen LogP contribution in [0.4, 0.5) is 0 Å². The second kappa shape index (κ2) is 54.6. The van der Waals surface area contributed by atoms with Gasteiger partial charge in [0.05, 0.1) is 0 Å². The van der Waals surface area contributed by atoms with Gasteiger partial charge in [-0.15, -0.1) is 0 Å². The number of methoxy groups -OCH3 is 4. The molecule has 0 saturated heterocycles. The molecule has 0 heterocycles. The van der Waals surface area contributed by atoms with Gasteiger partial charge in [-0.05, 0) is 78.5 Å². The molecule has 4 amide bonds. The van der Waals surface area contributed by atoms with Gasteiger partial charge in [0, 0.05) is 82.2 Å². The van der Waals surface area contributed by atoms with E-state index < -0.39 is 0 Å². The van der Waals surface area contributed by atoms with Crippen LogP contribution in [0.3, 0.4) is 0 Å². The van der Waals surface area contributed by atoms with Gasteiger partial charge in [-0.2, -0.15) is 0 Å². The van der Waals surface area contributed by atoms with Crippen molar-refractivity contribution in [3.63, 3.8) is 0 Å². The van der Waals surface area contributed by atoms with Gasteiger partial charge in [-0.25, -0.2) is 0 Å². The first-order valence-corrected chi connectivity index (χ1v) is 23.5. The standard InChI is InChI=1S/4C10H14.4C4H9NO2.Y/c4*1-3-9(2)10-7-5-4-6-8-10;2*1-5(3-6)4-7-2;1-4(6)5-3-7-2;1-4(7-2)5-3-6;/h4*4-9H,3H2,1-2H3;2*3H,4H2,1-2H3;3H2,1-2H3,(H,5,6);3-4H,1-2H3,(H,5,6);. The van der Waals surface area contributed by atoms with Gasteiger partial charge in [0.2, 0.25) is 25.1 Å². The van der Waals surface area contributed by atoms with Gasteiger partial charge < -0.3 is 39.4 Å². The van der Waals surface area contributed by atoms with Crippen molar-refractivity contribution in [1.29, 1.82) is 0 Å². The van der Waals surface area contributed by atoms with Crippen LogP contribution in [-0.2, 0) is 70.8 Å². The van der Waals surface area contributed by atoms with Crippen molar-refractivity contribution in [2.24, 2.45) is 0 Å². The van der Waals surface area contributed by atoms with Gasteiger partial charge in [-0.1, -0.05) is 177 Å². The van der Waals surface area contributed by atoms with E-state index in [1.165, 1.54) is 78.9 Å². The summed E-state index contributed by atoms with van der Waals surface area (Å²) in [7, 11) is 9.43. The molecule has 5 unspecified atom stereocenters. The number of nitrogens with zero attached hydrogens (tertiary/aromatic N) is 2. The summed E-state index contributed by atoms with van der Waals surface area (Å²) in [6.45, 7) is 22.1. The van der Waals surface area contributed by atoms with Crippen LogP contribution in [0.15, 0.2) is 121 Å². The average molecular weight is 1040 g/mol. The minimum atomic E-state index is -0.169. The molecule has 0 saturated carbocycles. The SMILES string of the molecule is CCC(C)c1ccccc1.CCC(C)c1ccccc1.CCC(C)c1ccccc1.CCC(C)c1ccccc1.COC(C)NC=O.COCN(C)C=O.COCN(C)C=O.COCNC(C)=O.[Y]. The maximum Gasteiger partial charge on any atom is 0.218 e. The Hall–Kier alpha value is -4.30. The third-order valence-electron chi connectivity index (χ3n) is 10.1. The van der Waals surface area contributed by atoms with E-state index in [9.17, 15) is 19.2 Å². The van der Waals surface area contributed by atoms with E-state index in [-0.39, 0.29) is 44.8 Å². The fourth-order valence-electron chi connectivity index (χ4n) is 4.87. The second-order valence-corrected chi connectivity index (χ2v) is 15.8. The number of carbonyl (C=O) groups excluding carboxylic acids is 4. The molecule has 4 rings (SSSR count). The predicted octanol–water partition coefficient (Wildman–Crippen LogP) is 11.6. The minimum Gasteiger partial charge on any atom is -0.364 e. The summed E-state index contributed by atoms with van der Waals surface area (Å²) in [4.78, 5) is 41.9. The zero-order valence-electron chi connectivity index (χ0n) is 45.4. The molecule has 12 nitrogen and oxygen atoms in total. The average Bonchev–Trinajstić information content (AvgIpc) is 3.39. The number of hydrogen-bond acceptors (Lipinski definition) is 8. The minimum absolute atomic E-state index is 0. The molecule has 0 aromatic heterocycles. The van der Waals surface area contributed by atoms with Crippen molar-refractivity contribution >= 4 is 25.1 Å². The Bertz CT molecular complexity index is 1470. The first-order valence-electron chi connectivity index (χ1n) is 23.5. The molecule has 387 valence electrons. The summed E-state index contributed by atoms with van der Waals surface area (Å²) in [5.41, 5.74) is 5.80. The topological polar surface area (TPSA) is 136 Å². The molecule has 0 spiro atoms. The molecule has 4 aromatic carbocycles. The largest absolute Gasteiger partial charge is 0.364 e. The van der Waals surface area contributed by atoms with E-state index in [2.05, 4.69) is 206 Å². The van der Waals surface area contributed by atoms with Crippen LogP contribution in [0.2, 0.25) is 0 Å². The molecule has 4 aromatic rings. The predicted molar refractivity (Wildman–Crippen MR) is 283 cm³/mol. The Kier molecular flexibility index (Phi) is 58.3. The van der Waals surface area contributed by atoms with E-state index in [0.717, 1.165) is 0 Å². The first kappa shape index (κ1) is 73.7. The number of hydrogen-bond donors (Lipinski definition) is 2. The molecule has 5 atom stereocenters. The van der Waals surface area contributed by atoms with Crippen molar-refractivity contribution < 1.29 is 70.8 Å². The van der Waals surface area contributed by atoms with Crippen LogP contribution in [0.25, 0.3) is 0 Å². The molecular weight excluding hydrogens is 946 g/mol. The Labute approximate surface area is 444 Å². The Morgan fingerprint density at radius 3 is 0.884 bits per heavy atom. The smallest absolute Gasteiger partial charge is 0.218 e. The molecule has 13 heteroatoms. The summed E-state index contributed by atoms with van der Waals surface area (Å²) < 4.78 is 18.3. The normalized spacial score (nSPS) is 11.4. The fourth-order valence-corrected chi connectivity index (χ4v) is 4.87. The van der Waals surface area contributed by atoms with Crippen molar-refractivity contribution in [2.75, 3.05) is 62.7 Å². The number of benzene rings is 4. The molecule has 0 aliphatic heterocycles. The number of nitrogens with one attached hydrogen (secondary N) is 2. The second-order valence-electron chi connectivity index (χ2n) is 15.8. The van der Waals surface area contributed by atoms with Crippen molar-refractivity contribution in [3.05, 3.63) is 144 Å². The fraction of sp³-hybridized carbons (Fsp3) is 0.500. The third-order valence-corrected chi connectivity index (χ3v) is 10.1. The first-order chi connectivity index (χ1) is 32.6. The quantitative estimate of drug-likeness (QED) is 0.0700. The Morgan fingerprint density at radius 1 is 0.507 bits per heavy atom. The Balaban J connectivity index is -0.000000227. The molecule has 69 heavy (non-hydrogen) atoms. The van der Waals surface area contributed by atoms with Crippen LogP contribution in [-0.4, -0.2) is 104 Å². The third kappa shape index (κ3) is 48.5. The summed E-state index contributed by atoms with van der Waals surface area (Å²) in [6.07, 6.45) is 6.76. The van der Waals surface area contributed by atoms with Crippen molar-refractivity contribution in [2.45, 2.75) is 125 Å². The zero-order valence-corrected chi connectivity index (χ0v) is 48.2. The van der Waals surface area contributed by atoms with E-state index in [0.29, 0.717) is 63.1 Å². The summed E-state index contributed by atoms with van der Waals surface area (Å²) in [5.74, 6) is 2.77. The van der Waals surface area contributed by atoms with E-state index in [1.807, 2.05) is 0 Å². The van der Waals surface area contributed by atoms with Crippen molar-refractivity contribution in [1.82, 2.24) is 20.4 Å². The van der Waals surface area contributed by atoms with Crippen LogP contribution >= 0.6 is 0 Å².